The molecule has 6 heteroatoms. The number of imidazole rings is 1. The normalized spacial score (nSPS) is 14.6. The number of hydrogen-bond acceptors (Lipinski definition) is 4. The van der Waals surface area contributed by atoms with E-state index >= 15 is 0 Å². The minimum Gasteiger partial charge on any atom is -0.480 e. The van der Waals surface area contributed by atoms with E-state index in [0.717, 1.165) is 36.1 Å². The summed E-state index contributed by atoms with van der Waals surface area (Å²) in [6, 6.07) is 3.04. The number of aryl methyl sites for hydroxylation is 1. The summed E-state index contributed by atoms with van der Waals surface area (Å²) in [4.78, 5) is 16.5. The molecule has 0 spiro atoms. The van der Waals surface area contributed by atoms with Crippen LogP contribution in [0, 0.1) is 5.92 Å². The molecule has 2 aromatic rings. The van der Waals surface area contributed by atoms with E-state index in [9.17, 15) is 9.90 Å². The molecule has 1 N–H and O–H groups in total. The minimum absolute atomic E-state index is 0.0456. The second-order valence-corrected chi connectivity index (χ2v) is 6.22. The average molecular weight is 318 g/mol. The van der Waals surface area contributed by atoms with E-state index in [-0.39, 0.29) is 12.7 Å². The summed E-state index contributed by atoms with van der Waals surface area (Å²) in [7, 11) is 0. The highest BCUT2D eigenvalue weighted by Crippen LogP contribution is 2.38. The molecule has 0 saturated heterocycles. The third-order valence-electron chi connectivity index (χ3n) is 4.17. The molecule has 6 nitrogen and oxygen atoms in total. The molecule has 0 fully saturated rings. The summed E-state index contributed by atoms with van der Waals surface area (Å²) >= 11 is 0. The molecule has 0 saturated carbocycles. The predicted octanol–water partition coefficient (Wildman–Crippen LogP) is 3.39. The van der Waals surface area contributed by atoms with Gasteiger partial charge in [0.2, 0.25) is 6.79 Å². The molecule has 0 aliphatic carbocycles. The van der Waals surface area contributed by atoms with Crippen molar-refractivity contribution in [3.8, 4) is 11.5 Å². The summed E-state index contributed by atoms with van der Waals surface area (Å²) in [5.41, 5.74) is 1.55. The lowest BCUT2D eigenvalue weighted by molar-refractivity contribution is -0.142. The van der Waals surface area contributed by atoms with Gasteiger partial charge in [-0.3, -0.25) is 0 Å². The zero-order valence-corrected chi connectivity index (χ0v) is 13.7. The number of carbonyl (C=O) groups is 1. The van der Waals surface area contributed by atoms with E-state index in [1.807, 2.05) is 30.5 Å². The van der Waals surface area contributed by atoms with Gasteiger partial charge in [-0.15, -0.1) is 0 Å². The van der Waals surface area contributed by atoms with Crippen LogP contribution in [0.3, 0.4) is 0 Å². The Hall–Kier alpha value is -2.24. The lowest BCUT2D eigenvalue weighted by Gasteiger charge is -2.21. The number of aromatic nitrogens is 2. The van der Waals surface area contributed by atoms with E-state index in [2.05, 4.69) is 11.9 Å². The van der Waals surface area contributed by atoms with Crippen molar-refractivity contribution in [2.75, 3.05) is 6.79 Å². The fourth-order valence-corrected chi connectivity index (χ4v) is 3.05. The molecule has 2 heterocycles. The molecule has 124 valence electrons. The Balaban J connectivity index is 2.19. The number of nitrogens with zero attached hydrogens (tertiary/aromatic N) is 2. The summed E-state index contributed by atoms with van der Waals surface area (Å²) in [6.07, 6.45) is 2.76. The van der Waals surface area contributed by atoms with Gasteiger partial charge in [-0.25, -0.2) is 9.78 Å². The van der Waals surface area contributed by atoms with E-state index in [4.69, 9.17) is 9.47 Å². The minimum atomic E-state index is -0.838. The van der Waals surface area contributed by atoms with Gasteiger partial charge in [-0.1, -0.05) is 27.2 Å². The lowest BCUT2D eigenvalue weighted by Crippen LogP contribution is -2.25. The molecule has 1 aromatic carbocycles. The predicted molar refractivity (Wildman–Crippen MR) is 86.0 cm³/mol. The average Bonchev–Trinajstić information content (AvgIpc) is 3.07. The van der Waals surface area contributed by atoms with Gasteiger partial charge in [-0.2, -0.15) is 0 Å². The Kier molecular flexibility index (Phi) is 4.15. The van der Waals surface area contributed by atoms with Gasteiger partial charge >= 0.3 is 5.97 Å². The first-order chi connectivity index (χ1) is 11.0. The fraction of sp³-hybridized carbons (Fsp3) is 0.529. The molecule has 23 heavy (non-hydrogen) atoms. The van der Waals surface area contributed by atoms with Crippen LogP contribution in [0.1, 0.15) is 45.5 Å². The van der Waals surface area contributed by atoms with Crippen LogP contribution >= 0.6 is 0 Å². The Morgan fingerprint density at radius 2 is 2.04 bits per heavy atom. The second kappa shape index (κ2) is 6.10. The Morgan fingerprint density at radius 1 is 1.35 bits per heavy atom. The zero-order valence-electron chi connectivity index (χ0n) is 13.7. The monoisotopic (exact) mass is 318 g/mol. The van der Waals surface area contributed by atoms with Crippen LogP contribution in [-0.4, -0.2) is 27.4 Å². The van der Waals surface area contributed by atoms with Crippen molar-refractivity contribution in [1.82, 2.24) is 9.55 Å². The van der Waals surface area contributed by atoms with Crippen molar-refractivity contribution in [3.63, 3.8) is 0 Å². The van der Waals surface area contributed by atoms with Crippen LogP contribution in [0.4, 0.5) is 0 Å². The van der Waals surface area contributed by atoms with Crippen molar-refractivity contribution in [1.29, 1.82) is 0 Å². The highest BCUT2D eigenvalue weighted by atomic mass is 16.7. The molecule has 1 aliphatic rings. The van der Waals surface area contributed by atoms with Crippen molar-refractivity contribution in [3.05, 3.63) is 18.0 Å². The van der Waals surface area contributed by atoms with Gasteiger partial charge in [0, 0.05) is 18.6 Å². The molecular formula is C17H22N2O4. The Bertz CT molecular complexity index is 736. The maximum absolute atomic E-state index is 11.8. The summed E-state index contributed by atoms with van der Waals surface area (Å²) in [6.45, 7) is 6.14. The lowest BCUT2D eigenvalue weighted by atomic mass is 10.0. The van der Waals surface area contributed by atoms with Gasteiger partial charge in [0.05, 0.1) is 11.0 Å². The highest BCUT2D eigenvalue weighted by molar-refractivity contribution is 5.84. The van der Waals surface area contributed by atoms with Crippen LogP contribution in [-0.2, 0) is 11.2 Å². The van der Waals surface area contributed by atoms with Crippen molar-refractivity contribution in [2.45, 2.75) is 46.1 Å². The number of benzene rings is 1. The van der Waals surface area contributed by atoms with Gasteiger partial charge in [0.25, 0.3) is 0 Å². The second-order valence-electron chi connectivity index (χ2n) is 6.22. The van der Waals surface area contributed by atoms with E-state index in [0.29, 0.717) is 11.5 Å². The summed E-state index contributed by atoms with van der Waals surface area (Å²) in [5, 5.41) is 9.71. The highest BCUT2D eigenvalue weighted by Gasteiger charge is 2.29. The maximum atomic E-state index is 11.8. The third-order valence-corrected chi connectivity index (χ3v) is 4.17. The van der Waals surface area contributed by atoms with E-state index < -0.39 is 12.0 Å². The first kappa shape index (κ1) is 15.6. The first-order valence-corrected chi connectivity index (χ1v) is 8.06. The van der Waals surface area contributed by atoms with E-state index in [1.165, 1.54) is 0 Å². The Labute approximate surface area is 135 Å². The molecule has 0 radical (unpaired) electrons. The number of aliphatic carboxylic acids is 1. The topological polar surface area (TPSA) is 73.6 Å². The molecule has 3 rings (SSSR count). The van der Waals surface area contributed by atoms with E-state index in [1.54, 1.807) is 0 Å². The molecule has 0 bridgehead atoms. The van der Waals surface area contributed by atoms with Gasteiger partial charge in [-0.05, 0) is 12.3 Å². The van der Waals surface area contributed by atoms with Crippen molar-refractivity contribution in [2.24, 2.45) is 5.92 Å². The molecule has 1 aliphatic heterocycles. The van der Waals surface area contributed by atoms with Gasteiger partial charge < -0.3 is 19.1 Å². The van der Waals surface area contributed by atoms with Crippen LogP contribution in [0.5, 0.6) is 11.5 Å². The molecule has 1 unspecified atom stereocenters. The van der Waals surface area contributed by atoms with Crippen LogP contribution in [0.2, 0.25) is 0 Å². The molecule has 1 atom stereocenters. The molecule has 0 amide bonds. The quantitative estimate of drug-likeness (QED) is 0.883. The maximum Gasteiger partial charge on any atom is 0.327 e. The van der Waals surface area contributed by atoms with Crippen LogP contribution in [0.25, 0.3) is 11.0 Å². The van der Waals surface area contributed by atoms with Crippen LogP contribution in [0.15, 0.2) is 12.1 Å². The number of carboxylic acids is 1. The fourth-order valence-electron chi connectivity index (χ4n) is 3.05. The summed E-state index contributed by atoms with van der Waals surface area (Å²) < 4.78 is 12.7. The molecular weight excluding hydrogens is 296 g/mol. The van der Waals surface area contributed by atoms with Crippen molar-refractivity contribution < 1.29 is 19.4 Å². The number of rotatable bonds is 6. The number of carboxylic acid groups (broad SMARTS) is 1. The Morgan fingerprint density at radius 3 is 2.65 bits per heavy atom. The van der Waals surface area contributed by atoms with Gasteiger partial charge in [0.1, 0.15) is 11.9 Å². The summed E-state index contributed by atoms with van der Waals surface area (Å²) in [5.74, 6) is 1.24. The third kappa shape index (κ3) is 2.73. The smallest absolute Gasteiger partial charge is 0.327 e. The number of fused-ring (bicyclic) bond motifs is 2. The number of unbranched alkanes of at least 4 members (excludes halogenated alkanes) is 1. The first-order valence-electron chi connectivity index (χ1n) is 8.06. The van der Waals surface area contributed by atoms with Crippen molar-refractivity contribution >= 4 is 17.0 Å². The van der Waals surface area contributed by atoms with Gasteiger partial charge in [0.15, 0.2) is 11.5 Å². The van der Waals surface area contributed by atoms with Crippen LogP contribution < -0.4 is 9.47 Å². The SMILES string of the molecule is CCCCc1nc2cc3c(cc2n1C(C(=O)O)C(C)C)OCO3. The number of hydrogen-bond donors (Lipinski definition) is 1. The largest absolute Gasteiger partial charge is 0.480 e. The standard InChI is InChI=1S/C17H22N2O4/c1-4-5-6-15-18-11-7-13-14(23-9-22-13)8-12(11)19(15)16(10(2)3)17(20)21/h7-8,10,16H,4-6,9H2,1-3H3,(H,20,21). The zero-order chi connectivity index (χ0) is 16.6. The molecule has 1 aromatic heterocycles. The number of ether oxygens (including phenoxy) is 2.